The Balaban J connectivity index is 3.01. The fourth-order valence-electron chi connectivity index (χ4n) is 2.00. The summed E-state index contributed by atoms with van der Waals surface area (Å²) >= 11 is 0. The normalized spacial score (nSPS) is 12.0. The number of carboxylic acids is 1. The summed E-state index contributed by atoms with van der Waals surface area (Å²) in [7, 11) is 0. The molecule has 7 nitrogen and oxygen atoms in total. The number of amides is 1. The van der Waals surface area contributed by atoms with Crippen LogP contribution in [-0.2, 0) is 4.79 Å². The van der Waals surface area contributed by atoms with E-state index in [1.165, 1.54) is 25.1 Å². The number of carbonyl (C=O) groups excluding carboxylic acids is 1. The molecule has 0 radical (unpaired) electrons. The maximum Gasteiger partial charge on any atom is 0.326 e. The first-order valence-electron chi connectivity index (χ1n) is 6.51. The van der Waals surface area contributed by atoms with Crippen molar-refractivity contribution in [3.63, 3.8) is 0 Å². The van der Waals surface area contributed by atoms with E-state index in [9.17, 15) is 19.7 Å². The SMILES string of the molecule is Cc1c(C(=O)N[C@H](CC(C)C)C(=O)O)cccc1[N+](=O)[O-]. The zero-order valence-corrected chi connectivity index (χ0v) is 12.1. The molecule has 0 bridgehead atoms. The van der Waals surface area contributed by atoms with E-state index in [-0.39, 0.29) is 29.2 Å². The molecule has 0 aliphatic heterocycles. The number of rotatable bonds is 6. The second-order valence-electron chi connectivity index (χ2n) is 5.20. The standard InChI is InChI=1S/C14H18N2O5/c1-8(2)7-11(14(18)19)15-13(17)10-5-4-6-12(9(10)3)16(20)21/h4-6,8,11H,7H2,1-3H3,(H,15,17)(H,18,19)/t11-/m1/s1. The van der Waals surface area contributed by atoms with Crippen molar-refractivity contribution in [2.75, 3.05) is 0 Å². The van der Waals surface area contributed by atoms with E-state index < -0.39 is 22.8 Å². The van der Waals surface area contributed by atoms with Gasteiger partial charge in [0.05, 0.1) is 4.92 Å². The Bertz CT molecular complexity index is 568. The molecule has 0 heterocycles. The third-order valence-electron chi connectivity index (χ3n) is 3.06. The van der Waals surface area contributed by atoms with Gasteiger partial charge in [0.1, 0.15) is 6.04 Å². The van der Waals surface area contributed by atoms with Crippen molar-refractivity contribution in [2.45, 2.75) is 33.2 Å². The lowest BCUT2D eigenvalue weighted by Crippen LogP contribution is -2.41. The van der Waals surface area contributed by atoms with Crippen molar-refractivity contribution >= 4 is 17.6 Å². The molecule has 1 rings (SSSR count). The minimum absolute atomic E-state index is 0.0950. The minimum atomic E-state index is -1.12. The van der Waals surface area contributed by atoms with Crippen molar-refractivity contribution in [3.8, 4) is 0 Å². The predicted octanol–water partition coefficient (Wildman–Crippen LogP) is 2.13. The summed E-state index contributed by atoms with van der Waals surface area (Å²) in [5.74, 6) is -1.65. The quantitative estimate of drug-likeness (QED) is 0.617. The minimum Gasteiger partial charge on any atom is -0.480 e. The molecule has 7 heteroatoms. The molecule has 1 aromatic carbocycles. The first-order valence-corrected chi connectivity index (χ1v) is 6.51. The largest absolute Gasteiger partial charge is 0.480 e. The van der Waals surface area contributed by atoms with E-state index >= 15 is 0 Å². The summed E-state index contributed by atoms with van der Waals surface area (Å²) in [6.07, 6.45) is 0.287. The second kappa shape index (κ2) is 6.83. The van der Waals surface area contributed by atoms with Gasteiger partial charge in [0, 0.05) is 17.2 Å². The molecule has 2 N–H and O–H groups in total. The molecule has 1 aromatic rings. The molecule has 0 spiro atoms. The molecule has 1 amide bonds. The Kier molecular flexibility index (Phi) is 5.40. The Morgan fingerprint density at radius 2 is 2.00 bits per heavy atom. The van der Waals surface area contributed by atoms with E-state index in [1.807, 2.05) is 13.8 Å². The molecule has 114 valence electrons. The summed E-state index contributed by atoms with van der Waals surface area (Å²) < 4.78 is 0. The van der Waals surface area contributed by atoms with E-state index in [4.69, 9.17) is 5.11 Å². The molecule has 0 aliphatic rings. The molecule has 0 fully saturated rings. The van der Waals surface area contributed by atoms with Crippen LogP contribution in [0.25, 0.3) is 0 Å². The van der Waals surface area contributed by atoms with Crippen LogP contribution in [0, 0.1) is 23.0 Å². The van der Waals surface area contributed by atoms with Gasteiger partial charge in [-0.25, -0.2) is 4.79 Å². The summed E-state index contributed by atoms with van der Waals surface area (Å²) in [5, 5.41) is 22.4. The van der Waals surface area contributed by atoms with Crippen LogP contribution in [0.15, 0.2) is 18.2 Å². The Morgan fingerprint density at radius 3 is 2.48 bits per heavy atom. The molecular weight excluding hydrogens is 276 g/mol. The lowest BCUT2D eigenvalue weighted by molar-refractivity contribution is -0.385. The molecule has 0 aliphatic carbocycles. The maximum atomic E-state index is 12.1. The Hall–Kier alpha value is -2.44. The number of hydrogen-bond donors (Lipinski definition) is 2. The van der Waals surface area contributed by atoms with Gasteiger partial charge in [-0.1, -0.05) is 19.9 Å². The van der Waals surface area contributed by atoms with E-state index in [2.05, 4.69) is 5.32 Å². The van der Waals surface area contributed by atoms with Crippen LogP contribution in [0.2, 0.25) is 0 Å². The fourth-order valence-corrected chi connectivity index (χ4v) is 2.00. The van der Waals surface area contributed by atoms with Crippen LogP contribution in [0.3, 0.4) is 0 Å². The highest BCUT2D eigenvalue weighted by Gasteiger charge is 2.24. The number of benzene rings is 1. The maximum absolute atomic E-state index is 12.1. The first-order chi connectivity index (χ1) is 9.73. The Labute approximate surface area is 122 Å². The highest BCUT2D eigenvalue weighted by Crippen LogP contribution is 2.21. The molecule has 0 unspecified atom stereocenters. The van der Waals surface area contributed by atoms with Gasteiger partial charge in [0.25, 0.3) is 11.6 Å². The summed E-state index contributed by atoms with van der Waals surface area (Å²) in [6.45, 7) is 5.16. The number of nitro groups is 1. The number of hydrogen-bond acceptors (Lipinski definition) is 4. The number of carbonyl (C=O) groups is 2. The number of carboxylic acid groups (broad SMARTS) is 1. The third-order valence-corrected chi connectivity index (χ3v) is 3.06. The van der Waals surface area contributed by atoms with E-state index in [0.29, 0.717) is 0 Å². The van der Waals surface area contributed by atoms with Crippen LogP contribution in [-0.4, -0.2) is 27.9 Å². The van der Waals surface area contributed by atoms with Crippen molar-refractivity contribution in [1.29, 1.82) is 0 Å². The van der Waals surface area contributed by atoms with Crippen LogP contribution >= 0.6 is 0 Å². The van der Waals surface area contributed by atoms with Crippen LogP contribution in [0.1, 0.15) is 36.2 Å². The first kappa shape index (κ1) is 16.6. The average molecular weight is 294 g/mol. The van der Waals surface area contributed by atoms with E-state index in [1.54, 1.807) is 0 Å². The van der Waals surface area contributed by atoms with Crippen LogP contribution in [0.5, 0.6) is 0 Å². The van der Waals surface area contributed by atoms with Gasteiger partial charge in [-0.3, -0.25) is 14.9 Å². The zero-order valence-electron chi connectivity index (χ0n) is 12.1. The van der Waals surface area contributed by atoms with Crippen molar-refractivity contribution in [3.05, 3.63) is 39.4 Å². The predicted molar refractivity (Wildman–Crippen MR) is 76.2 cm³/mol. The van der Waals surface area contributed by atoms with Crippen molar-refractivity contribution in [1.82, 2.24) is 5.32 Å². The van der Waals surface area contributed by atoms with E-state index in [0.717, 1.165) is 0 Å². The number of nitrogens with one attached hydrogen (secondary N) is 1. The monoisotopic (exact) mass is 294 g/mol. The van der Waals surface area contributed by atoms with Gasteiger partial charge < -0.3 is 10.4 Å². The van der Waals surface area contributed by atoms with Crippen LogP contribution < -0.4 is 5.32 Å². The fraction of sp³-hybridized carbons (Fsp3) is 0.429. The van der Waals surface area contributed by atoms with Crippen molar-refractivity contribution < 1.29 is 19.6 Å². The van der Waals surface area contributed by atoms with Gasteiger partial charge in [0.15, 0.2) is 0 Å². The number of aliphatic carboxylic acids is 1. The number of nitro benzene ring substituents is 1. The summed E-state index contributed by atoms with van der Waals surface area (Å²) in [6, 6.07) is 3.12. The Morgan fingerprint density at radius 1 is 1.38 bits per heavy atom. The van der Waals surface area contributed by atoms with Crippen molar-refractivity contribution in [2.24, 2.45) is 5.92 Å². The third kappa shape index (κ3) is 4.27. The molecular formula is C14H18N2O5. The summed E-state index contributed by atoms with van der Waals surface area (Å²) in [5.41, 5.74) is 0.159. The van der Waals surface area contributed by atoms with Gasteiger partial charge in [-0.2, -0.15) is 0 Å². The van der Waals surface area contributed by atoms with Crippen LogP contribution in [0.4, 0.5) is 5.69 Å². The number of nitrogens with zero attached hydrogens (tertiary/aromatic N) is 1. The van der Waals surface area contributed by atoms with Gasteiger partial charge >= 0.3 is 5.97 Å². The topological polar surface area (TPSA) is 110 Å². The van der Waals surface area contributed by atoms with Gasteiger partial charge in [-0.15, -0.1) is 0 Å². The lowest BCUT2D eigenvalue weighted by Gasteiger charge is -2.17. The molecule has 0 saturated heterocycles. The average Bonchev–Trinajstić information content (AvgIpc) is 2.36. The smallest absolute Gasteiger partial charge is 0.326 e. The zero-order chi connectivity index (χ0) is 16.2. The molecule has 21 heavy (non-hydrogen) atoms. The summed E-state index contributed by atoms with van der Waals surface area (Å²) in [4.78, 5) is 33.6. The highest BCUT2D eigenvalue weighted by molar-refractivity contribution is 5.98. The molecule has 0 aromatic heterocycles. The highest BCUT2D eigenvalue weighted by atomic mass is 16.6. The van der Waals surface area contributed by atoms with Gasteiger partial charge in [-0.05, 0) is 25.3 Å². The van der Waals surface area contributed by atoms with Gasteiger partial charge in [0.2, 0.25) is 0 Å². The second-order valence-corrected chi connectivity index (χ2v) is 5.20. The lowest BCUT2D eigenvalue weighted by atomic mass is 10.0. The molecule has 1 atom stereocenters. The molecule has 0 saturated carbocycles.